The molecule has 1 aromatic heterocycles. The van der Waals surface area contributed by atoms with E-state index in [0.717, 1.165) is 18.5 Å². The van der Waals surface area contributed by atoms with Gasteiger partial charge in [-0.2, -0.15) is 0 Å². The van der Waals surface area contributed by atoms with Gasteiger partial charge in [0.25, 0.3) is 0 Å². The maximum Gasteiger partial charge on any atom is 0.376 e. The first-order chi connectivity index (χ1) is 6.77. The summed E-state index contributed by atoms with van der Waals surface area (Å²) in [5.41, 5.74) is 0.880. The van der Waals surface area contributed by atoms with Crippen LogP contribution in [-0.2, 0) is 11.2 Å². The molecular weight excluding hydrogens is 180 g/mol. The number of hydrogen-bond acceptors (Lipinski definition) is 4. The Kier molecular flexibility index (Phi) is 4.04. The highest BCUT2D eigenvalue weighted by Crippen LogP contribution is 2.00. The SMILES string of the molecule is CCCc1ccnc(C(=O)OCC)n1. The molecular formula is C10H14N2O2. The molecule has 0 saturated carbocycles. The van der Waals surface area contributed by atoms with Gasteiger partial charge in [0.2, 0.25) is 5.82 Å². The van der Waals surface area contributed by atoms with Gasteiger partial charge in [-0.1, -0.05) is 13.3 Å². The zero-order chi connectivity index (χ0) is 10.4. The Labute approximate surface area is 83.3 Å². The molecule has 0 unspecified atom stereocenters. The summed E-state index contributed by atoms with van der Waals surface area (Å²) in [7, 11) is 0. The first-order valence-corrected chi connectivity index (χ1v) is 4.77. The van der Waals surface area contributed by atoms with Crippen molar-refractivity contribution in [2.24, 2.45) is 0 Å². The van der Waals surface area contributed by atoms with Crippen LogP contribution in [0, 0.1) is 0 Å². The van der Waals surface area contributed by atoms with E-state index in [1.807, 2.05) is 6.07 Å². The lowest BCUT2D eigenvalue weighted by molar-refractivity contribution is 0.0511. The monoisotopic (exact) mass is 194 g/mol. The molecule has 0 fully saturated rings. The van der Waals surface area contributed by atoms with Gasteiger partial charge < -0.3 is 4.74 Å². The largest absolute Gasteiger partial charge is 0.460 e. The summed E-state index contributed by atoms with van der Waals surface area (Å²) in [5, 5.41) is 0. The lowest BCUT2D eigenvalue weighted by Gasteiger charge is -2.01. The highest BCUT2D eigenvalue weighted by molar-refractivity contribution is 5.84. The first kappa shape index (κ1) is 10.6. The first-order valence-electron chi connectivity index (χ1n) is 4.77. The van der Waals surface area contributed by atoms with Crippen LogP contribution in [0.3, 0.4) is 0 Å². The molecule has 0 aliphatic heterocycles. The molecule has 0 spiro atoms. The Morgan fingerprint density at radius 2 is 2.29 bits per heavy atom. The van der Waals surface area contributed by atoms with Gasteiger partial charge in [0.15, 0.2) is 0 Å². The van der Waals surface area contributed by atoms with Gasteiger partial charge in [0.05, 0.1) is 6.61 Å². The van der Waals surface area contributed by atoms with E-state index in [2.05, 4.69) is 16.9 Å². The lowest BCUT2D eigenvalue weighted by atomic mass is 10.2. The maximum atomic E-state index is 11.3. The van der Waals surface area contributed by atoms with Crippen molar-refractivity contribution >= 4 is 5.97 Å². The average molecular weight is 194 g/mol. The Bertz CT molecular complexity index is 313. The van der Waals surface area contributed by atoms with Crippen molar-refractivity contribution in [3.05, 3.63) is 23.8 Å². The molecule has 0 amide bonds. The van der Waals surface area contributed by atoms with Crippen molar-refractivity contribution in [1.82, 2.24) is 9.97 Å². The van der Waals surface area contributed by atoms with E-state index < -0.39 is 5.97 Å². The second-order valence-electron chi connectivity index (χ2n) is 2.84. The molecule has 0 atom stereocenters. The number of aromatic nitrogens is 2. The van der Waals surface area contributed by atoms with Gasteiger partial charge in [-0.15, -0.1) is 0 Å². The molecule has 0 aliphatic carbocycles. The lowest BCUT2D eigenvalue weighted by Crippen LogP contribution is -2.10. The van der Waals surface area contributed by atoms with Gasteiger partial charge in [-0.05, 0) is 19.4 Å². The summed E-state index contributed by atoms with van der Waals surface area (Å²) in [4.78, 5) is 19.2. The standard InChI is InChI=1S/C10H14N2O2/c1-3-5-8-6-7-11-9(12-8)10(13)14-4-2/h6-7H,3-5H2,1-2H3. The zero-order valence-electron chi connectivity index (χ0n) is 8.49. The van der Waals surface area contributed by atoms with Crippen LogP contribution < -0.4 is 0 Å². The predicted molar refractivity (Wildman–Crippen MR) is 52.0 cm³/mol. The quantitative estimate of drug-likeness (QED) is 0.683. The van der Waals surface area contributed by atoms with Crippen molar-refractivity contribution in [3.8, 4) is 0 Å². The molecule has 1 rings (SSSR count). The number of hydrogen-bond donors (Lipinski definition) is 0. The van der Waals surface area contributed by atoms with Gasteiger partial charge in [-0.3, -0.25) is 0 Å². The van der Waals surface area contributed by atoms with E-state index in [1.54, 1.807) is 13.1 Å². The predicted octanol–water partition coefficient (Wildman–Crippen LogP) is 1.61. The zero-order valence-corrected chi connectivity index (χ0v) is 8.49. The Balaban J connectivity index is 2.77. The molecule has 1 aromatic rings. The summed E-state index contributed by atoms with van der Waals surface area (Å²) in [6.07, 6.45) is 3.44. The third-order valence-electron chi connectivity index (χ3n) is 1.68. The van der Waals surface area contributed by atoms with Crippen LogP contribution in [0.4, 0.5) is 0 Å². The fourth-order valence-electron chi connectivity index (χ4n) is 1.09. The summed E-state index contributed by atoms with van der Waals surface area (Å²) in [6, 6.07) is 1.81. The van der Waals surface area contributed by atoms with Crippen LogP contribution in [-0.4, -0.2) is 22.5 Å². The Morgan fingerprint density at radius 3 is 2.93 bits per heavy atom. The van der Waals surface area contributed by atoms with Crippen molar-refractivity contribution < 1.29 is 9.53 Å². The second-order valence-corrected chi connectivity index (χ2v) is 2.84. The molecule has 76 valence electrons. The second kappa shape index (κ2) is 5.32. The fraction of sp³-hybridized carbons (Fsp3) is 0.500. The summed E-state index contributed by atoms with van der Waals surface area (Å²) < 4.78 is 4.80. The highest BCUT2D eigenvalue weighted by atomic mass is 16.5. The van der Waals surface area contributed by atoms with E-state index in [1.165, 1.54) is 0 Å². The van der Waals surface area contributed by atoms with E-state index in [0.29, 0.717) is 6.61 Å². The number of nitrogens with zero attached hydrogens (tertiary/aromatic N) is 2. The van der Waals surface area contributed by atoms with Crippen molar-refractivity contribution in [1.29, 1.82) is 0 Å². The molecule has 0 N–H and O–H groups in total. The number of ether oxygens (including phenoxy) is 1. The van der Waals surface area contributed by atoms with E-state index in [-0.39, 0.29) is 5.82 Å². The summed E-state index contributed by atoms with van der Waals surface area (Å²) >= 11 is 0. The minimum Gasteiger partial charge on any atom is -0.460 e. The molecule has 0 aromatic carbocycles. The van der Waals surface area contributed by atoms with E-state index >= 15 is 0 Å². The summed E-state index contributed by atoms with van der Waals surface area (Å²) in [5.74, 6) is -0.303. The van der Waals surface area contributed by atoms with Crippen molar-refractivity contribution in [2.45, 2.75) is 26.7 Å². The van der Waals surface area contributed by atoms with Gasteiger partial charge in [0.1, 0.15) is 0 Å². The van der Waals surface area contributed by atoms with E-state index in [4.69, 9.17) is 4.74 Å². The van der Waals surface area contributed by atoms with Crippen LogP contribution in [0.5, 0.6) is 0 Å². The molecule has 1 heterocycles. The van der Waals surface area contributed by atoms with Crippen LogP contribution in [0.25, 0.3) is 0 Å². The average Bonchev–Trinajstić information content (AvgIpc) is 2.19. The molecule has 0 radical (unpaired) electrons. The minimum atomic E-state index is -0.453. The molecule has 0 bridgehead atoms. The molecule has 4 heteroatoms. The maximum absolute atomic E-state index is 11.3. The van der Waals surface area contributed by atoms with E-state index in [9.17, 15) is 4.79 Å². The number of rotatable bonds is 4. The fourth-order valence-corrected chi connectivity index (χ4v) is 1.09. The van der Waals surface area contributed by atoms with Gasteiger partial charge in [-0.25, -0.2) is 14.8 Å². The number of carbonyl (C=O) groups is 1. The van der Waals surface area contributed by atoms with Crippen molar-refractivity contribution in [3.63, 3.8) is 0 Å². The van der Waals surface area contributed by atoms with Crippen LogP contribution in [0.2, 0.25) is 0 Å². The van der Waals surface area contributed by atoms with Gasteiger partial charge in [0, 0.05) is 11.9 Å². The van der Waals surface area contributed by atoms with Crippen LogP contribution in [0.1, 0.15) is 36.6 Å². The topological polar surface area (TPSA) is 52.1 Å². The number of carbonyl (C=O) groups excluding carboxylic acids is 1. The number of esters is 1. The Morgan fingerprint density at radius 1 is 1.50 bits per heavy atom. The van der Waals surface area contributed by atoms with Crippen LogP contribution in [0.15, 0.2) is 12.3 Å². The molecule has 0 saturated heterocycles. The molecule has 14 heavy (non-hydrogen) atoms. The normalized spacial score (nSPS) is 9.86. The summed E-state index contributed by atoms with van der Waals surface area (Å²) in [6.45, 7) is 4.17. The third-order valence-corrected chi connectivity index (χ3v) is 1.68. The number of aryl methyl sites for hydroxylation is 1. The minimum absolute atomic E-state index is 0.151. The van der Waals surface area contributed by atoms with Crippen LogP contribution >= 0.6 is 0 Å². The highest BCUT2D eigenvalue weighted by Gasteiger charge is 2.09. The smallest absolute Gasteiger partial charge is 0.376 e. The molecule has 0 aliphatic rings. The third kappa shape index (κ3) is 2.80. The van der Waals surface area contributed by atoms with Crippen molar-refractivity contribution in [2.75, 3.05) is 6.61 Å². The Hall–Kier alpha value is -1.45. The molecule has 4 nitrogen and oxygen atoms in total. The van der Waals surface area contributed by atoms with Gasteiger partial charge >= 0.3 is 5.97 Å².